The Bertz CT molecular complexity index is 913. The van der Waals surface area contributed by atoms with E-state index >= 15 is 0 Å². The summed E-state index contributed by atoms with van der Waals surface area (Å²) in [7, 11) is 0. The number of carbonyl (C=O) groups is 1. The fourth-order valence-electron chi connectivity index (χ4n) is 2.15. The van der Waals surface area contributed by atoms with E-state index in [2.05, 4.69) is 15.5 Å². The number of hydrogen-bond donors (Lipinski definition) is 1. The van der Waals surface area contributed by atoms with E-state index in [1.165, 1.54) is 17.3 Å². The summed E-state index contributed by atoms with van der Waals surface area (Å²) in [6, 6.07) is 13.0. The minimum absolute atomic E-state index is 0.130. The first-order chi connectivity index (χ1) is 12.5. The molecule has 5 nitrogen and oxygen atoms in total. The highest BCUT2D eigenvalue weighted by Gasteiger charge is 2.11. The maximum absolute atomic E-state index is 12.0. The molecule has 0 atom stereocenters. The lowest BCUT2D eigenvalue weighted by Gasteiger charge is -2.06. The van der Waals surface area contributed by atoms with Gasteiger partial charge in [-0.15, -0.1) is 10.2 Å². The quantitative estimate of drug-likeness (QED) is 0.581. The van der Waals surface area contributed by atoms with Crippen molar-refractivity contribution >= 4 is 46.6 Å². The van der Waals surface area contributed by atoms with Gasteiger partial charge in [-0.05, 0) is 30.7 Å². The zero-order valence-electron chi connectivity index (χ0n) is 13.8. The summed E-state index contributed by atoms with van der Waals surface area (Å²) in [5.41, 5.74) is 2.79. The summed E-state index contributed by atoms with van der Waals surface area (Å²) in [5, 5.41) is 11.9. The van der Waals surface area contributed by atoms with Gasteiger partial charge in [0.1, 0.15) is 0 Å². The van der Waals surface area contributed by atoms with E-state index < -0.39 is 0 Å². The molecular weight excluding hydrogens is 393 g/mol. The van der Waals surface area contributed by atoms with Crippen LogP contribution in [0.25, 0.3) is 0 Å². The van der Waals surface area contributed by atoms with Gasteiger partial charge in [0.15, 0.2) is 0 Å². The number of carbonyl (C=O) groups excluding carboxylic acids is 1. The van der Waals surface area contributed by atoms with Gasteiger partial charge in [0.05, 0.1) is 22.9 Å². The molecule has 0 unspecified atom stereocenters. The number of benzene rings is 2. The lowest BCUT2D eigenvalue weighted by atomic mass is 10.1. The summed E-state index contributed by atoms with van der Waals surface area (Å²) >= 11 is 13.0. The van der Waals surface area contributed by atoms with Gasteiger partial charge in [-0.3, -0.25) is 4.79 Å². The number of aryl methyl sites for hydroxylation is 1. The van der Waals surface area contributed by atoms with E-state index in [4.69, 9.17) is 27.6 Å². The SMILES string of the molecule is Cc1ccc(Cc2nnc(SCC(=O)Nc3ccc(Cl)cc3Cl)o2)cc1. The van der Waals surface area contributed by atoms with Crippen molar-refractivity contribution in [2.24, 2.45) is 0 Å². The molecule has 0 bridgehead atoms. The molecule has 3 rings (SSSR count). The third kappa shape index (κ3) is 5.24. The fourth-order valence-corrected chi connectivity index (χ4v) is 3.19. The van der Waals surface area contributed by atoms with Gasteiger partial charge in [0, 0.05) is 5.02 Å². The van der Waals surface area contributed by atoms with Crippen LogP contribution in [0.15, 0.2) is 52.1 Å². The minimum Gasteiger partial charge on any atom is -0.416 e. The first kappa shape index (κ1) is 18.8. The molecule has 0 aliphatic rings. The van der Waals surface area contributed by atoms with Crippen molar-refractivity contribution in [1.29, 1.82) is 0 Å². The maximum atomic E-state index is 12.0. The molecule has 0 saturated carbocycles. The van der Waals surface area contributed by atoms with Crippen LogP contribution in [0.1, 0.15) is 17.0 Å². The second-order valence-electron chi connectivity index (χ2n) is 5.59. The van der Waals surface area contributed by atoms with Gasteiger partial charge >= 0.3 is 0 Å². The third-order valence-corrected chi connectivity index (χ3v) is 4.82. The Morgan fingerprint density at radius 2 is 1.92 bits per heavy atom. The summed E-state index contributed by atoms with van der Waals surface area (Å²) in [4.78, 5) is 12.0. The number of amides is 1. The first-order valence-corrected chi connectivity index (χ1v) is 9.49. The molecular formula is C18H15Cl2N3O2S. The number of anilines is 1. The molecule has 0 aliphatic carbocycles. The molecule has 0 spiro atoms. The molecule has 8 heteroatoms. The standard InChI is InChI=1S/C18H15Cl2N3O2S/c1-11-2-4-12(5-3-11)8-17-22-23-18(25-17)26-10-16(24)21-15-7-6-13(19)9-14(15)20/h2-7,9H,8,10H2,1H3,(H,21,24). The van der Waals surface area contributed by atoms with Gasteiger partial charge in [0.25, 0.3) is 5.22 Å². The molecule has 0 fully saturated rings. The van der Waals surface area contributed by atoms with Gasteiger partial charge < -0.3 is 9.73 Å². The predicted molar refractivity (Wildman–Crippen MR) is 104 cm³/mol. The Morgan fingerprint density at radius 1 is 1.15 bits per heavy atom. The van der Waals surface area contributed by atoms with Crippen molar-refractivity contribution in [3.8, 4) is 0 Å². The van der Waals surface area contributed by atoms with Gasteiger partial charge in [0.2, 0.25) is 11.8 Å². The fraction of sp³-hybridized carbons (Fsp3) is 0.167. The van der Waals surface area contributed by atoms with Crippen molar-refractivity contribution in [3.63, 3.8) is 0 Å². The van der Waals surface area contributed by atoms with Crippen molar-refractivity contribution < 1.29 is 9.21 Å². The van der Waals surface area contributed by atoms with Crippen LogP contribution in [0.2, 0.25) is 10.0 Å². The Labute approximate surface area is 165 Å². The van der Waals surface area contributed by atoms with Crippen molar-refractivity contribution in [3.05, 3.63) is 69.5 Å². The second-order valence-corrected chi connectivity index (χ2v) is 7.36. The molecule has 26 heavy (non-hydrogen) atoms. The van der Waals surface area contributed by atoms with Crippen molar-refractivity contribution in [2.75, 3.05) is 11.1 Å². The monoisotopic (exact) mass is 407 g/mol. The van der Waals surface area contributed by atoms with E-state index in [9.17, 15) is 4.79 Å². The Balaban J connectivity index is 1.52. The van der Waals surface area contributed by atoms with E-state index in [1.54, 1.807) is 18.2 Å². The molecule has 1 N–H and O–H groups in total. The maximum Gasteiger partial charge on any atom is 0.277 e. The molecule has 0 saturated heterocycles. The molecule has 0 aliphatic heterocycles. The highest BCUT2D eigenvalue weighted by molar-refractivity contribution is 7.99. The van der Waals surface area contributed by atoms with Gasteiger partial charge in [-0.25, -0.2) is 0 Å². The molecule has 1 heterocycles. The minimum atomic E-state index is -0.225. The van der Waals surface area contributed by atoms with Crippen molar-refractivity contribution in [2.45, 2.75) is 18.6 Å². The lowest BCUT2D eigenvalue weighted by molar-refractivity contribution is -0.113. The van der Waals surface area contributed by atoms with E-state index in [0.29, 0.717) is 33.3 Å². The average molecular weight is 408 g/mol. The van der Waals surface area contributed by atoms with Crippen LogP contribution in [0, 0.1) is 6.92 Å². The second kappa shape index (κ2) is 8.58. The molecule has 134 valence electrons. The topological polar surface area (TPSA) is 68.0 Å². The lowest BCUT2D eigenvalue weighted by Crippen LogP contribution is -2.14. The van der Waals surface area contributed by atoms with E-state index in [1.807, 2.05) is 31.2 Å². The third-order valence-electron chi connectivity index (χ3n) is 3.46. The van der Waals surface area contributed by atoms with Crippen LogP contribution < -0.4 is 5.32 Å². The van der Waals surface area contributed by atoms with Crippen LogP contribution in [0.4, 0.5) is 5.69 Å². The number of aromatic nitrogens is 2. The number of halogens is 2. The number of nitrogens with zero attached hydrogens (tertiary/aromatic N) is 2. The van der Waals surface area contributed by atoms with Gasteiger partial charge in [-0.2, -0.15) is 0 Å². The van der Waals surface area contributed by atoms with Crippen molar-refractivity contribution in [1.82, 2.24) is 10.2 Å². The highest BCUT2D eigenvalue weighted by Crippen LogP contribution is 2.26. The normalized spacial score (nSPS) is 10.7. The Kier molecular flexibility index (Phi) is 6.19. The molecule has 1 aromatic heterocycles. The van der Waals surface area contributed by atoms with Crippen LogP contribution in [0.3, 0.4) is 0 Å². The summed E-state index contributed by atoms with van der Waals surface area (Å²) in [5.74, 6) is 0.417. The zero-order valence-corrected chi connectivity index (χ0v) is 16.2. The summed E-state index contributed by atoms with van der Waals surface area (Å²) < 4.78 is 5.58. The number of nitrogens with one attached hydrogen (secondary N) is 1. The summed E-state index contributed by atoms with van der Waals surface area (Å²) in [6.45, 7) is 2.04. The molecule has 3 aromatic rings. The first-order valence-electron chi connectivity index (χ1n) is 7.75. The molecule has 1 amide bonds. The Hall–Kier alpha value is -2.02. The van der Waals surface area contributed by atoms with Crippen LogP contribution in [0.5, 0.6) is 0 Å². The average Bonchev–Trinajstić information content (AvgIpc) is 3.05. The van der Waals surface area contributed by atoms with E-state index in [0.717, 1.165) is 5.56 Å². The molecule has 2 aromatic carbocycles. The highest BCUT2D eigenvalue weighted by atomic mass is 35.5. The molecule has 0 radical (unpaired) electrons. The zero-order chi connectivity index (χ0) is 18.5. The largest absolute Gasteiger partial charge is 0.416 e. The van der Waals surface area contributed by atoms with Crippen LogP contribution in [-0.4, -0.2) is 21.9 Å². The summed E-state index contributed by atoms with van der Waals surface area (Å²) in [6.07, 6.45) is 0.556. The smallest absolute Gasteiger partial charge is 0.277 e. The predicted octanol–water partition coefficient (Wildman–Crippen LogP) is 5.01. The van der Waals surface area contributed by atoms with Crippen LogP contribution >= 0.6 is 35.0 Å². The number of hydrogen-bond acceptors (Lipinski definition) is 5. The number of thioether (sulfide) groups is 1. The van der Waals surface area contributed by atoms with E-state index in [-0.39, 0.29) is 11.7 Å². The number of rotatable bonds is 6. The van der Waals surface area contributed by atoms with Gasteiger partial charge in [-0.1, -0.05) is 64.8 Å². The van der Waals surface area contributed by atoms with Crippen LogP contribution in [-0.2, 0) is 11.2 Å². The Morgan fingerprint density at radius 3 is 2.65 bits per heavy atom.